The van der Waals surface area contributed by atoms with Crippen LogP contribution in [0.3, 0.4) is 0 Å². The van der Waals surface area contributed by atoms with Gasteiger partial charge in [0.15, 0.2) is 15.0 Å². The topological polar surface area (TPSA) is 76.1 Å². The molecule has 0 aliphatic heterocycles. The minimum absolute atomic E-state index is 0.161. The van der Waals surface area contributed by atoms with E-state index in [1.165, 1.54) is 27.8 Å². The lowest BCUT2D eigenvalue weighted by Gasteiger charge is -2.08. The zero-order chi connectivity index (χ0) is 21.8. The number of hydrogen-bond acceptors (Lipinski definition) is 5. The largest absolute Gasteiger partial charge is 0.302 e. The maximum atomic E-state index is 12.6. The predicted octanol–water partition coefficient (Wildman–Crippen LogP) is 4.91. The first-order valence-corrected chi connectivity index (χ1v) is 12.7. The number of carbonyl (C=O) groups is 1. The summed E-state index contributed by atoms with van der Waals surface area (Å²) in [5, 5.41) is 5.49. The van der Waals surface area contributed by atoms with E-state index in [0.29, 0.717) is 5.13 Å². The summed E-state index contributed by atoms with van der Waals surface area (Å²) in [6, 6.07) is 15.1. The normalized spacial score (nSPS) is 13.4. The number of thiazole rings is 1. The Morgan fingerprint density at radius 2 is 1.84 bits per heavy atom. The van der Waals surface area contributed by atoms with Gasteiger partial charge < -0.3 is 5.32 Å². The molecule has 4 aromatic rings. The van der Waals surface area contributed by atoms with Crippen molar-refractivity contribution in [3.05, 3.63) is 65.2 Å². The molecule has 0 saturated carbocycles. The number of carbonyl (C=O) groups excluding carboxylic acids is 1. The third kappa shape index (κ3) is 3.51. The van der Waals surface area contributed by atoms with Gasteiger partial charge in [-0.2, -0.15) is 0 Å². The molecular weight excluding hydrogens is 428 g/mol. The molecule has 1 aliphatic rings. The molecule has 0 unspecified atom stereocenters. The monoisotopic (exact) mass is 450 g/mol. The lowest BCUT2D eigenvalue weighted by Crippen LogP contribution is -2.15. The summed E-state index contributed by atoms with van der Waals surface area (Å²) < 4.78 is 25.6. The maximum absolute atomic E-state index is 12.6. The van der Waals surface area contributed by atoms with Crippen LogP contribution in [0.1, 0.15) is 30.5 Å². The van der Waals surface area contributed by atoms with Crippen LogP contribution in [-0.2, 0) is 33.9 Å². The second-order valence-electron chi connectivity index (χ2n) is 8.20. The first-order valence-electron chi connectivity index (χ1n) is 10.3. The number of nitrogens with zero attached hydrogens (tertiary/aromatic N) is 1. The number of nitrogens with one attached hydrogen (secondary N) is 1. The number of amides is 1. The van der Waals surface area contributed by atoms with Crippen molar-refractivity contribution in [1.82, 2.24) is 4.98 Å². The van der Waals surface area contributed by atoms with Crippen LogP contribution in [0, 0.1) is 0 Å². The fourth-order valence-electron chi connectivity index (χ4n) is 4.18. The van der Waals surface area contributed by atoms with E-state index in [1.807, 2.05) is 0 Å². The number of rotatable bonds is 5. The summed E-state index contributed by atoms with van der Waals surface area (Å²) >= 11 is 1.49. The van der Waals surface area contributed by atoms with Crippen molar-refractivity contribution in [2.45, 2.75) is 43.3 Å². The predicted molar refractivity (Wildman–Crippen MR) is 126 cm³/mol. The summed E-state index contributed by atoms with van der Waals surface area (Å²) in [4.78, 5) is 17.6. The highest BCUT2D eigenvalue weighted by atomic mass is 32.2. The van der Waals surface area contributed by atoms with Gasteiger partial charge in [-0.15, -0.1) is 0 Å². The Balaban J connectivity index is 1.36. The van der Waals surface area contributed by atoms with Crippen LogP contribution in [0.2, 0.25) is 0 Å². The summed E-state index contributed by atoms with van der Waals surface area (Å²) in [7, 11) is -3.31. The van der Waals surface area contributed by atoms with Crippen LogP contribution in [0.5, 0.6) is 0 Å². The van der Waals surface area contributed by atoms with E-state index in [-0.39, 0.29) is 17.2 Å². The molecule has 1 aliphatic carbocycles. The molecule has 5 rings (SSSR count). The molecular formula is C24H22N2O3S2. The third-order valence-electron chi connectivity index (χ3n) is 5.83. The Morgan fingerprint density at radius 1 is 1.10 bits per heavy atom. The van der Waals surface area contributed by atoms with Gasteiger partial charge in [0.25, 0.3) is 0 Å². The summed E-state index contributed by atoms with van der Waals surface area (Å²) in [5.41, 5.74) is 4.42. The Hall–Kier alpha value is -2.77. The molecule has 1 amide bonds. The highest BCUT2D eigenvalue weighted by Gasteiger charge is 2.20. The molecule has 1 heterocycles. The van der Waals surface area contributed by atoms with Gasteiger partial charge in [-0.25, -0.2) is 13.4 Å². The number of benzene rings is 3. The minimum atomic E-state index is -3.31. The molecule has 3 aromatic carbocycles. The summed E-state index contributed by atoms with van der Waals surface area (Å²) in [5.74, 6) is -0.171. The Bertz CT molecular complexity index is 1440. The highest BCUT2D eigenvalue weighted by molar-refractivity contribution is 7.92. The molecule has 0 atom stereocenters. The van der Waals surface area contributed by atoms with Gasteiger partial charge in [0.1, 0.15) is 0 Å². The highest BCUT2D eigenvalue weighted by Crippen LogP contribution is 2.39. The van der Waals surface area contributed by atoms with Gasteiger partial charge in [0, 0.05) is 5.39 Å². The van der Waals surface area contributed by atoms with Crippen molar-refractivity contribution in [1.29, 1.82) is 0 Å². The molecule has 1 N–H and O–H groups in total. The minimum Gasteiger partial charge on any atom is -0.302 e. The number of sulfone groups is 1. The van der Waals surface area contributed by atoms with Crippen molar-refractivity contribution < 1.29 is 13.2 Å². The van der Waals surface area contributed by atoms with Gasteiger partial charge in [-0.1, -0.05) is 41.7 Å². The number of hydrogen-bond donors (Lipinski definition) is 1. The molecule has 0 bridgehead atoms. The van der Waals surface area contributed by atoms with Gasteiger partial charge in [0.05, 0.1) is 26.8 Å². The maximum Gasteiger partial charge on any atom is 0.230 e. The first kappa shape index (κ1) is 20.2. The smallest absolute Gasteiger partial charge is 0.230 e. The lowest BCUT2D eigenvalue weighted by molar-refractivity contribution is -0.115. The van der Waals surface area contributed by atoms with Crippen LogP contribution < -0.4 is 5.32 Å². The van der Waals surface area contributed by atoms with Crippen molar-refractivity contribution in [3.63, 3.8) is 0 Å². The van der Waals surface area contributed by atoms with Crippen LogP contribution in [0.4, 0.5) is 5.13 Å². The standard InChI is InChI=1S/C24H22N2O3S2/c1-14(2)31(28,29)18-10-6-15(7-11-18)12-21(27)25-24-26-23-19-5-3-4-16-8-9-17(22(16)19)13-20(23)30-24/h3-7,10-11,13-14H,8-9,12H2,1-2H3,(H,25,26,27). The van der Waals surface area contributed by atoms with E-state index in [1.54, 1.807) is 38.1 Å². The zero-order valence-corrected chi connectivity index (χ0v) is 18.9. The SMILES string of the molecule is CC(C)S(=O)(=O)c1ccc(CC(=O)Nc2nc3c(cc4c5c(cccc53)CC4)s2)cc1. The first-order chi connectivity index (χ1) is 14.8. The van der Waals surface area contributed by atoms with Gasteiger partial charge in [-0.3, -0.25) is 4.79 Å². The molecule has 0 spiro atoms. The molecule has 158 valence electrons. The quantitative estimate of drug-likeness (QED) is 0.469. The Labute approximate surface area is 185 Å². The summed E-state index contributed by atoms with van der Waals surface area (Å²) in [6.45, 7) is 3.31. The molecule has 5 nitrogen and oxygen atoms in total. The average molecular weight is 451 g/mol. The number of anilines is 1. The van der Waals surface area contributed by atoms with Gasteiger partial charge in [-0.05, 0) is 67.0 Å². The van der Waals surface area contributed by atoms with E-state index >= 15 is 0 Å². The van der Waals surface area contributed by atoms with Gasteiger partial charge >= 0.3 is 0 Å². The van der Waals surface area contributed by atoms with E-state index < -0.39 is 15.1 Å². The fourth-order valence-corrected chi connectivity index (χ4v) is 6.20. The van der Waals surface area contributed by atoms with E-state index in [9.17, 15) is 13.2 Å². The molecule has 0 saturated heterocycles. The molecule has 7 heteroatoms. The fraction of sp³-hybridized carbons (Fsp3) is 0.250. The van der Waals surface area contributed by atoms with Gasteiger partial charge in [0.2, 0.25) is 5.91 Å². The Kier molecular flexibility index (Phi) is 4.83. The molecule has 0 fully saturated rings. The molecule has 1 aromatic heterocycles. The van der Waals surface area contributed by atoms with Crippen molar-refractivity contribution >= 4 is 53.2 Å². The second kappa shape index (κ2) is 7.43. The van der Waals surface area contributed by atoms with Crippen molar-refractivity contribution in [3.8, 4) is 0 Å². The van der Waals surface area contributed by atoms with Crippen LogP contribution in [0.15, 0.2) is 53.4 Å². The third-order valence-corrected chi connectivity index (χ3v) is 8.92. The number of aromatic nitrogens is 1. The number of fused-ring (bicyclic) bond motifs is 2. The van der Waals surface area contributed by atoms with E-state index in [0.717, 1.165) is 34.0 Å². The van der Waals surface area contributed by atoms with E-state index in [4.69, 9.17) is 4.98 Å². The Morgan fingerprint density at radius 3 is 2.58 bits per heavy atom. The zero-order valence-electron chi connectivity index (χ0n) is 17.3. The molecule has 31 heavy (non-hydrogen) atoms. The lowest BCUT2D eigenvalue weighted by atomic mass is 10.0. The van der Waals surface area contributed by atoms with E-state index in [2.05, 4.69) is 29.6 Å². The van der Waals surface area contributed by atoms with Crippen LogP contribution in [-0.4, -0.2) is 24.6 Å². The number of aryl methyl sites for hydroxylation is 2. The van der Waals surface area contributed by atoms with Crippen molar-refractivity contribution in [2.24, 2.45) is 0 Å². The summed E-state index contributed by atoms with van der Waals surface area (Å²) in [6.07, 6.45) is 2.28. The van der Waals surface area contributed by atoms with Crippen LogP contribution >= 0.6 is 11.3 Å². The average Bonchev–Trinajstić information content (AvgIpc) is 3.33. The molecule has 0 radical (unpaired) electrons. The van der Waals surface area contributed by atoms with Crippen LogP contribution in [0.25, 0.3) is 21.0 Å². The van der Waals surface area contributed by atoms with Crippen molar-refractivity contribution in [2.75, 3.05) is 5.32 Å². The second-order valence-corrected chi connectivity index (χ2v) is 11.7.